The van der Waals surface area contributed by atoms with Crippen LogP contribution in [0.5, 0.6) is 5.75 Å². The van der Waals surface area contributed by atoms with Crippen molar-refractivity contribution in [2.75, 3.05) is 7.11 Å². The van der Waals surface area contributed by atoms with Crippen LogP contribution in [0.2, 0.25) is 0 Å². The molecular formula is C15H15BrO3. The fraction of sp³-hybridized carbons (Fsp3) is 0.333. The number of ether oxygens (including phenoxy) is 1. The Hall–Kier alpha value is -1.26. The highest BCUT2D eigenvalue weighted by Gasteiger charge is 2.38. The molecule has 1 N–H and O–H groups in total. The molecule has 1 aliphatic rings. The monoisotopic (exact) mass is 322 g/mol. The zero-order valence-corrected chi connectivity index (χ0v) is 12.2. The van der Waals surface area contributed by atoms with E-state index in [2.05, 4.69) is 22.0 Å². The van der Waals surface area contributed by atoms with Crippen molar-refractivity contribution in [3.63, 3.8) is 0 Å². The Kier molecular flexibility index (Phi) is 3.15. The summed E-state index contributed by atoms with van der Waals surface area (Å²) in [6, 6.07) is 7.85. The van der Waals surface area contributed by atoms with Crippen molar-refractivity contribution in [3.05, 3.63) is 51.9 Å². The minimum Gasteiger partial charge on any atom is -0.497 e. The summed E-state index contributed by atoms with van der Waals surface area (Å²) < 4.78 is 11.5. The largest absolute Gasteiger partial charge is 0.497 e. The van der Waals surface area contributed by atoms with E-state index in [1.54, 1.807) is 13.4 Å². The number of aryl methyl sites for hydroxylation is 1. The van der Waals surface area contributed by atoms with Crippen LogP contribution in [0.4, 0.5) is 0 Å². The first-order valence-electron chi connectivity index (χ1n) is 6.24. The lowest BCUT2D eigenvalue weighted by Crippen LogP contribution is -2.33. The third-order valence-corrected chi connectivity index (χ3v) is 4.37. The van der Waals surface area contributed by atoms with Gasteiger partial charge in [0.2, 0.25) is 0 Å². The molecule has 0 spiro atoms. The number of furan rings is 1. The van der Waals surface area contributed by atoms with Gasteiger partial charge in [-0.1, -0.05) is 6.07 Å². The fourth-order valence-electron chi connectivity index (χ4n) is 2.70. The van der Waals surface area contributed by atoms with Crippen LogP contribution >= 0.6 is 15.9 Å². The van der Waals surface area contributed by atoms with Gasteiger partial charge in [0.1, 0.15) is 17.1 Å². The molecule has 0 saturated heterocycles. The van der Waals surface area contributed by atoms with Gasteiger partial charge in [0, 0.05) is 6.42 Å². The topological polar surface area (TPSA) is 42.6 Å². The summed E-state index contributed by atoms with van der Waals surface area (Å²) in [6.07, 6.45) is 3.64. The van der Waals surface area contributed by atoms with Crippen molar-refractivity contribution in [1.29, 1.82) is 0 Å². The van der Waals surface area contributed by atoms with Gasteiger partial charge in [0.05, 0.1) is 17.8 Å². The van der Waals surface area contributed by atoms with Crippen molar-refractivity contribution in [2.45, 2.75) is 24.9 Å². The molecule has 0 aliphatic heterocycles. The molecule has 0 fully saturated rings. The second-order valence-corrected chi connectivity index (χ2v) is 5.80. The van der Waals surface area contributed by atoms with Crippen LogP contribution in [0.3, 0.4) is 0 Å². The van der Waals surface area contributed by atoms with E-state index >= 15 is 0 Å². The molecule has 100 valence electrons. The predicted molar refractivity (Wildman–Crippen MR) is 75.3 cm³/mol. The van der Waals surface area contributed by atoms with Crippen LogP contribution in [0.25, 0.3) is 0 Å². The average Bonchev–Trinajstić information content (AvgIpc) is 2.85. The summed E-state index contributed by atoms with van der Waals surface area (Å²) in [6.45, 7) is 0. The van der Waals surface area contributed by atoms with Crippen molar-refractivity contribution in [3.8, 4) is 5.75 Å². The Morgan fingerprint density at radius 1 is 1.32 bits per heavy atom. The van der Waals surface area contributed by atoms with Gasteiger partial charge >= 0.3 is 0 Å². The lowest BCUT2D eigenvalue weighted by atomic mass is 9.79. The Bertz CT molecular complexity index is 605. The average molecular weight is 323 g/mol. The maximum Gasteiger partial charge on any atom is 0.149 e. The standard InChI is InChI=1S/C15H15BrO3/c1-18-12-3-2-10-4-6-15(17,9-11(10)8-12)14-13(16)5-7-19-14/h2-3,5,7-8,17H,4,6,9H2,1H3. The molecule has 0 saturated carbocycles. The maximum absolute atomic E-state index is 10.9. The van der Waals surface area contributed by atoms with Crippen LogP contribution in [0.15, 0.2) is 39.4 Å². The number of halogens is 1. The third-order valence-electron chi connectivity index (χ3n) is 3.74. The van der Waals surface area contributed by atoms with E-state index in [9.17, 15) is 5.11 Å². The first kappa shape index (κ1) is 12.8. The molecule has 1 aromatic heterocycles. The van der Waals surface area contributed by atoms with E-state index in [-0.39, 0.29) is 0 Å². The first-order chi connectivity index (χ1) is 9.12. The molecule has 1 aliphatic carbocycles. The van der Waals surface area contributed by atoms with Crippen molar-refractivity contribution in [2.24, 2.45) is 0 Å². The molecule has 1 atom stereocenters. The van der Waals surface area contributed by atoms with Gasteiger partial charge in [-0.3, -0.25) is 0 Å². The highest BCUT2D eigenvalue weighted by Crippen LogP contribution is 2.40. The molecule has 0 amide bonds. The van der Waals surface area contributed by atoms with E-state index in [0.717, 1.165) is 22.2 Å². The zero-order chi connectivity index (χ0) is 13.5. The summed E-state index contributed by atoms with van der Waals surface area (Å²) >= 11 is 3.43. The van der Waals surface area contributed by atoms with Gasteiger partial charge in [0.25, 0.3) is 0 Å². The van der Waals surface area contributed by atoms with Gasteiger partial charge in [-0.15, -0.1) is 0 Å². The second-order valence-electron chi connectivity index (χ2n) is 4.94. The van der Waals surface area contributed by atoms with E-state index in [4.69, 9.17) is 9.15 Å². The second kappa shape index (κ2) is 4.69. The van der Waals surface area contributed by atoms with Gasteiger partial charge in [-0.05, 0) is 58.1 Å². The molecule has 3 rings (SSSR count). The van der Waals surface area contributed by atoms with Crippen molar-refractivity contribution >= 4 is 15.9 Å². The Morgan fingerprint density at radius 2 is 2.16 bits per heavy atom. The van der Waals surface area contributed by atoms with Crippen LogP contribution in [-0.4, -0.2) is 12.2 Å². The number of benzene rings is 1. The van der Waals surface area contributed by atoms with E-state index in [0.29, 0.717) is 18.6 Å². The molecule has 4 heteroatoms. The zero-order valence-electron chi connectivity index (χ0n) is 10.6. The minimum absolute atomic E-state index is 0.547. The molecule has 0 radical (unpaired) electrons. The molecule has 3 nitrogen and oxygen atoms in total. The summed E-state index contributed by atoms with van der Waals surface area (Å²) in [5.41, 5.74) is 1.45. The van der Waals surface area contributed by atoms with Gasteiger partial charge in [-0.2, -0.15) is 0 Å². The molecule has 1 aromatic carbocycles. The van der Waals surface area contributed by atoms with Crippen molar-refractivity contribution < 1.29 is 14.3 Å². The number of hydrogen-bond acceptors (Lipinski definition) is 3. The van der Waals surface area contributed by atoms with E-state index in [1.165, 1.54) is 5.56 Å². The summed E-state index contributed by atoms with van der Waals surface area (Å²) in [5.74, 6) is 1.43. The first-order valence-corrected chi connectivity index (χ1v) is 7.03. The Morgan fingerprint density at radius 3 is 2.84 bits per heavy atom. The van der Waals surface area contributed by atoms with Gasteiger partial charge in [0.15, 0.2) is 0 Å². The minimum atomic E-state index is -0.943. The quantitative estimate of drug-likeness (QED) is 0.921. The Labute approximate surface area is 120 Å². The SMILES string of the molecule is COc1ccc2c(c1)CC(O)(c1occc1Br)CC2. The van der Waals surface area contributed by atoms with E-state index in [1.807, 2.05) is 18.2 Å². The molecule has 1 heterocycles. The maximum atomic E-state index is 10.9. The highest BCUT2D eigenvalue weighted by molar-refractivity contribution is 9.10. The van der Waals surface area contributed by atoms with Crippen LogP contribution in [-0.2, 0) is 18.4 Å². The predicted octanol–water partition coefficient (Wildman–Crippen LogP) is 3.43. The summed E-state index contributed by atoms with van der Waals surface area (Å²) in [5, 5.41) is 10.9. The lowest BCUT2D eigenvalue weighted by Gasteiger charge is -2.32. The lowest BCUT2D eigenvalue weighted by molar-refractivity contribution is 0.000394. The number of methoxy groups -OCH3 is 1. The normalized spacial score (nSPS) is 22.1. The van der Waals surface area contributed by atoms with Crippen LogP contribution < -0.4 is 4.74 Å². The molecule has 0 bridgehead atoms. The van der Waals surface area contributed by atoms with Crippen LogP contribution in [0, 0.1) is 0 Å². The molecular weight excluding hydrogens is 308 g/mol. The van der Waals surface area contributed by atoms with Crippen LogP contribution in [0.1, 0.15) is 23.3 Å². The number of rotatable bonds is 2. The number of fused-ring (bicyclic) bond motifs is 1. The summed E-state index contributed by atoms with van der Waals surface area (Å²) in [7, 11) is 1.65. The Balaban J connectivity index is 1.99. The smallest absolute Gasteiger partial charge is 0.149 e. The molecule has 2 aromatic rings. The van der Waals surface area contributed by atoms with E-state index < -0.39 is 5.60 Å². The number of hydrogen-bond donors (Lipinski definition) is 1. The van der Waals surface area contributed by atoms with Gasteiger partial charge in [-0.25, -0.2) is 0 Å². The highest BCUT2D eigenvalue weighted by atomic mass is 79.9. The third kappa shape index (κ3) is 2.19. The fourth-order valence-corrected chi connectivity index (χ4v) is 3.27. The molecule has 19 heavy (non-hydrogen) atoms. The van der Waals surface area contributed by atoms with Crippen molar-refractivity contribution in [1.82, 2.24) is 0 Å². The molecule has 1 unspecified atom stereocenters. The van der Waals surface area contributed by atoms with Gasteiger partial charge < -0.3 is 14.3 Å². The summed E-state index contributed by atoms with van der Waals surface area (Å²) in [4.78, 5) is 0. The number of aliphatic hydroxyl groups is 1.